The fraction of sp³-hybridized carbons (Fsp3) is 0.0833. The van der Waals surface area contributed by atoms with Crippen LogP contribution in [0.2, 0.25) is 5.02 Å². The number of aliphatic hydroxyl groups excluding tert-OH is 1. The minimum Gasteiger partial charge on any atom is -0.503 e. The van der Waals surface area contributed by atoms with E-state index in [1.807, 2.05) is 6.07 Å². The highest BCUT2D eigenvalue weighted by atomic mass is 35.5. The molecule has 0 aliphatic carbocycles. The van der Waals surface area contributed by atoms with Gasteiger partial charge >= 0.3 is 0 Å². The molecule has 154 valence electrons. The summed E-state index contributed by atoms with van der Waals surface area (Å²) in [6, 6.07) is 17.8. The average Bonchev–Trinajstić information content (AvgIpc) is 3.44. The number of aliphatic hydroxyl groups is 1. The summed E-state index contributed by atoms with van der Waals surface area (Å²) in [5, 5.41) is 11.9. The molecule has 0 saturated heterocycles. The van der Waals surface area contributed by atoms with E-state index in [0.29, 0.717) is 33.2 Å². The van der Waals surface area contributed by atoms with Crippen molar-refractivity contribution in [1.29, 1.82) is 0 Å². The number of amides is 1. The minimum absolute atomic E-state index is 0.00481. The summed E-state index contributed by atoms with van der Waals surface area (Å²) in [7, 11) is 0. The number of Topliss-reactive ketones (excluding diaryl/α,β-unsaturated/α-hetero) is 1. The molecule has 0 radical (unpaired) electrons. The van der Waals surface area contributed by atoms with E-state index < -0.39 is 23.5 Å². The summed E-state index contributed by atoms with van der Waals surface area (Å²) in [5.41, 5.74) is 0.896. The maximum atomic E-state index is 13.5. The van der Waals surface area contributed by atoms with E-state index in [1.165, 1.54) is 4.90 Å². The molecule has 7 heteroatoms. The van der Waals surface area contributed by atoms with Crippen LogP contribution >= 0.6 is 11.6 Å². The molecule has 1 aliphatic heterocycles. The predicted molar refractivity (Wildman–Crippen MR) is 115 cm³/mol. The van der Waals surface area contributed by atoms with E-state index in [-0.39, 0.29) is 11.3 Å². The lowest BCUT2D eigenvalue weighted by Crippen LogP contribution is -2.30. The lowest BCUT2D eigenvalue weighted by atomic mass is 9.99. The number of carbonyl (C=O) groups excluding carboxylic acids is 2. The number of benzene rings is 2. The number of hydrogen-bond acceptors (Lipinski definition) is 5. The van der Waals surface area contributed by atoms with E-state index >= 15 is 0 Å². The highest BCUT2D eigenvalue weighted by Crippen LogP contribution is 2.42. The Balaban J connectivity index is 1.65. The zero-order chi connectivity index (χ0) is 21.7. The van der Waals surface area contributed by atoms with Gasteiger partial charge in [0, 0.05) is 16.1 Å². The van der Waals surface area contributed by atoms with Gasteiger partial charge in [-0.1, -0.05) is 29.8 Å². The molecule has 1 atom stereocenters. The molecule has 0 saturated carbocycles. The molecule has 0 spiro atoms. The molecule has 0 bridgehead atoms. The van der Waals surface area contributed by atoms with E-state index in [9.17, 15) is 14.7 Å². The Bertz CT molecular complexity index is 1370. The highest BCUT2D eigenvalue weighted by molar-refractivity contribution is 6.31. The van der Waals surface area contributed by atoms with Crippen molar-refractivity contribution in [2.45, 2.75) is 13.0 Å². The number of halogens is 1. The van der Waals surface area contributed by atoms with Crippen LogP contribution in [0.3, 0.4) is 0 Å². The first-order chi connectivity index (χ1) is 14.9. The second-order valence-corrected chi connectivity index (χ2v) is 7.68. The van der Waals surface area contributed by atoms with Gasteiger partial charge < -0.3 is 13.9 Å². The number of furan rings is 2. The third-order valence-electron chi connectivity index (χ3n) is 5.22. The van der Waals surface area contributed by atoms with Crippen molar-refractivity contribution in [2.75, 3.05) is 4.90 Å². The highest BCUT2D eigenvalue weighted by Gasteiger charge is 2.46. The van der Waals surface area contributed by atoms with Crippen LogP contribution in [0.1, 0.15) is 28.1 Å². The molecule has 1 N–H and O–H groups in total. The molecule has 0 fully saturated rings. The largest absolute Gasteiger partial charge is 0.503 e. The van der Waals surface area contributed by atoms with Crippen molar-refractivity contribution in [3.05, 3.63) is 100 Å². The normalized spacial score (nSPS) is 16.5. The molecule has 31 heavy (non-hydrogen) atoms. The van der Waals surface area contributed by atoms with Crippen molar-refractivity contribution in [1.82, 2.24) is 0 Å². The van der Waals surface area contributed by atoms with Gasteiger partial charge in [0.15, 0.2) is 11.5 Å². The van der Waals surface area contributed by atoms with E-state index in [2.05, 4.69) is 0 Å². The standard InChI is InChI=1S/C24H16ClNO5/c1-13-7-9-18(30-13)21-20(23(28)24(29)26(21)16-5-3-2-4-6-16)22(27)19-12-14-11-15(25)8-10-17(14)31-19/h2-12,21,28H,1H3. The van der Waals surface area contributed by atoms with Crippen LogP contribution in [-0.4, -0.2) is 16.8 Å². The molecule has 1 unspecified atom stereocenters. The Morgan fingerprint density at radius 1 is 1.03 bits per heavy atom. The monoisotopic (exact) mass is 433 g/mol. The van der Waals surface area contributed by atoms with E-state index in [0.717, 1.165) is 0 Å². The maximum absolute atomic E-state index is 13.5. The summed E-state index contributed by atoms with van der Waals surface area (Å²) in [6.45, 7) is 1.77. The van der Waals surface area contributed by atoms with Crippen molar-refractivity contribution in [3.8, 4) is 0 Å². The lowest BCUT2D eigenvalue weighted by molar-refractivity contribution is -0.117. The summed E-state index contributed by atoms with van der Waals surface area (Å²) in [6.07, 6.45) is 0. The number of ketones is 1. The molecule has 6 nitrogen and oxygen atoms in total. The molecule has 5 rings (SSSR count). The number of carbonyl (C=O) groups is 2. The first-order valence-electron chi connectivity index (χ1n) is 9.56. The number of anilines is 1. The Labute approximate surface area is 181 Å². The first-order valence-corrected chi connectivity index (χ1v) is 9.93. The van der Waals surface area contributed by atoms with Gasteiger partial charge in [-0.15, -0.1) is 0 Å². The molecular formula is C24H16ClNO5. The van der Waals surface area contributed by atoms with Crippen LogP contribution in [0.4, 0.5) is 5.69 Å². The van der Waals surface area contributed by atoms with Crippen LogP contribution in [0.15, 0.2) is 86.9 Å². The second-order valence-electron chi connectivity index (χ2n) is 7.25. The van der Waals surface area contributed by atoms with Crippen LogP contribution in [0.5, 0.6) is 0 Å². The maximum Gasteiger partial charge on any atom is 0.294 e. The summed E-state index contributed by atoms with van der Waals surface area (Å²) in [4.78, 5) is 27.8. The molecule has 1 aliphatic rings. The minimum atomic E-state index is -0.937. The fourth-order valence-corrected chi connectivity index (χ4v) is 4.00. The van der Waals surface area contributed by atoms with Gasteiger partial charge in [0.2, 0.25) is 5.78 Å². The number of nitrogens with zero attached hydrogens (tertiary/aromatic N) is 1. The molecular weight excluding hydrogens is 418 g/mol. The zero-order valence-electron chi connectivity index (χ0n) is 16.3. The quantitative estimate of drug-likeness (QED) is 0.413. The summed E-state index contributed by atoms with van der Waals surface area (Å²) < 4.78 is 11.5. The number of aryl methyl sites for hydroxylation is 1. The third kappa shape index (κ3) is 3.12. The van der Waals surface area contributed by atoms with Crippen molar-refractivity contribution >= 4 is 39.9 Å². The molecule has 1 amide bonds. The Kier molecular flexibility index (Phi) is 4.45. The number of fused-ring (bicyclic) bond motifs is 1. The van der Waals surface area contributed by atoms with Gasteiger partial charge in [0.1, 0.15) is 23.1 Å². The first kappa shape index (κ1) is 19.2. The van der Waals surface area contributed by atoms with Gasteiger partial charge in [0.05, 0.1) is 5.57 Å². The van der Waals surface area contributed by atoms with Gasteiger partial charge in [0.25, 0.3) is 5.91 Å². The van der Waals surface area contributed by atoms with E-state index in [4.69, 9.17) is 20.4 Å². The second kappa shape index (κ2) is 7.18. The topological polar surface area (TPSA) is 83.9 Å². The van der Waals surface area contributed by atoms with Crippen LogP contribution < -0.4 is 4.90 Å². The Morgan fingerprint density at radius 2 is 1.81 bits per heavy atom. The van der Waals surface area contributed by atoms with E-state index in [1.54, 1.807) is 67.6 Å². The number of hydrogen-bond donors (Lipinski definition) is 1. The number of para-hydroxylation sites is 1. The fourth-order valence-electron chi connectivity index (χ4n) is 3.82. The average molecular weight is 434 g/mol. The zero-order valence-corrected chi connectivity index (χ0v) is 17.1. The molecule has 2 aromatic carbocycles. The summed E-state index contributed by atoms with van der Waals surface area (Å²) >= 11 is 6.03. The third-order valence-corrected chi connectivity index (χ3v) is 5.46. The van der Waals surface area contributed by atoms with Crippen LogP contribution in [0, 0.1) is 6.92 Å². The van der Waals surface area contributed by atoms with Crippen LogP contribution in [-0.2, 0) is 4.79 Å². The summed E-state index contributed by atoms with van der Waals surface area (Å²) in [5.74, 6) is -0.946. The Morgan fingerprint density at radius 3 is 2.52 bits per heavy atom. The predicted octanol–water partition coefficient (Wildman–Crippen LogP) is 5.77. The van der Waals surface area contributed by atoms with Crippen molar-refractivity contribution < 1.29 is 23.5 Å². The van der Waals surface area contributed by atoms with Crippen LogP contribution in [0.25, 0.3) is 11.0 Å². The Hall–Kier alpha value is -3.77. The van der Waals surface area contributed by atoms with Gasteiger partial charge in [-0.3, -0.25) is 14.5 Å². The number of rotatable bonds is 4. The lowest BCUT2D eigenvalue weighted by Gasteiger charge is -2.24. The van der Waals surface area contributed by atoms with Crippen molar-refractivity contribution in [3.63, 3.8) is 0 Å². The molecule has 3 heterocycles. The van der Waals surface area contributed by atoms with Gasteiger partial charge in [-0.05, 0) is 55.5 Å². The SMILES string of the molecule is Cc1ccc(C2C(C(=O)c3cc4cc(Cl)ccc4o3)=C(O)C(=O)N2c2ccccc2)o1. The van der Waals surface area contributed by atoms with Crippen molar-refractivity contribution in [2.24, 2.45) is 0 Å². The smallest absolute Gasteiger partial charge is 0.294 e. The molecule has 2 aromatic heterocycles. The van der Waals surface area contributed by atoms with Gasteiger partial charge in [-0.2, -0.15) is 0 Å². The van der Waals surface area contributed by atoms with Gasteiger partial charge in [-0.25, -0.2) is 0 Å². The molecule has 4 aromatic rings.